The van der Waals surface area contributed by atoms with Gasteiger partial charge in [-0.1, -0.05) is 26.7 Å². The summed E-state index contributed by atoms with van der Waals surface area (Å²) in [4.78, 5) is 55.7. The van der Waals surface area contributed by atoms with E-state index in [0.29, 0.717) is 11.7 Å². The predicted molar refractivity (Wildman–Crippen MR) is 140 cm³/mol. The minimum absolute atomic E-state index is 0. The van der Waals surface area contributed by atoms with E-state index >= 15 is 0 Å². The van der Waals surface area contributed by atoms with Gasteiger partial charge in [-0.2, -0.15) is 0 Å². The van der Waals surface area contributed by atoms with Crippen LogP contribution in [-0.2, 0) is 39.5 Å². The number of carbonyl (C=O) groups excluding carboxylic acids is 2. The maximum Gasteiger partial charge on any atom is 0.410 e. The van der Waals surface area contributed by atoms with E-state index in [9.17, 15) is 14.4 Å². The van der Waals surface area contributed by atoms with Crippen molar-refractivity contribution in [2.75, 3.05) is 12.4 Å². The van der Waals surface area contributed by atoms with E-state index in [1.54, 1.807) is 17.2 Å². The molecule has 2 amide bonds. The molecule has 0 radical (unpaired) electrons. The number of hydrogen-bond acceptors (Lipinski definition) is 6. The number of amides is 2. The van der Waals surface area contributed by atoms with Gasteiger partial charge in [0.25, 0.3) is 17.5 Å². The van der Waals surface area contributed by atoms with E-state index in [4.69, 9.17) is 24.5 Å². The van der Waals surface area contributed by atoms with Gasteiger partial charge in [-0.05, 0) is 52.2 Å². The fraction of sp³-hybridized carbons (Fsp3) is 0.640. The van der Waals surface area contributed by atoms with Gasteiger partial charge < -0.3 is 30.2 Å². The second-order valence-corrected chi connectivity index (χ2v) is 9.02. The molecule has 37 heavy (non-hydrogen) atoms. The van der Waals surface area contributed by atoms with Crippen molar-refractivity contribution in [3.05, 3.63) is 28.2 Å². The number of hydrogen-bond donors (Lipinski definition) is 4. The Balaban J connectivity index is -0.000000222. The van der Waals surface area contributed by atoms with Crippen LogP contribution in [0.1, 0.15) is 86.6 Å². The number of nitrogens with zero attached hydrogens (tertiary/aromatic N) is 1. The zero-order chi connectivity index (χ0) is 27.8. The minimum Gasteiger partial charge on any atom is -0.481 e. The van der Waals surface area contributed by atoms with E-state index in [1.165, 1.54) is 26.2 Å². The molecule has 0 aromatic carbocycles. The molecule has 1 heterocycles. The number of aromatic amines is 1. The van der Waals surface area contributed by atoms with Crippen LogP contribution in [0.25, 0.3) is 0 Å². The first-order valence-corrected chi connectivity index (χ1v) is 11.3. The fourth-order valence-corrected chi connectivity index (χ4v) is 2.83. The van der Waals surface area contributed by atoms with Crippen molar-refractivity contribution in [1.29, 1.82) is 0 Å². The van der Waals surface area contributed by atoms with Crippen LogP contribution in [0.4, 0.5) is 10.5 Å². The number of rotatable bonds is 2. The molecule has 12 heteroatoms. The topological polar surface area (TPSA) is 166 Å². The number of anilines is 1. The van der Waals surface area contributed by atoms with E-state index in [-0.39, 0.29) is 51.0 Å². The third-order valence-electron chi connectivity index (χ3n) is 4.16. The summed E-state index contributed by atoms with van der Waals surface area (Å²) in [7, 11) is 1.85. The quantitative estimate of drug-likeness (QED) is 0.347. The van der Waals surface area contributed by atoms with Crippen molar-refractivity contribution in [2.24, 2.45) is 0 Å². The Morgan fingerprint density at radius 1 is 1.03 bits per heavy atom. The van der Waals surface area contributed by atoms with E-state index in [1.807, 2.05) is 34.7 Å². The van der Waals surface area contributed by atoms with Crippen LogP contribution in [0.3, 0.4) is 0 Å². The summed E-state index contributed by atoms with van der Waals surface area (Å²) in [5.41, 5.74) is 0.525. The molecule has 1 aromatic rings. The maximum absolute atomic E-state index is 11.8. The number of ether oxygens (including phenoxy) is 1. The van der Waals surface area contributed by atoms with Crippen LogP contribution in [0, 0.1) is 6.92 Å². The number of aliphatic carboxylic acids is 2. The first-order chi connectivity index (χ1) is 16.0. The molecule has 1 aliphatic rings. The number of H-pyrrole nitrogens is 1. The Labute approximate surface area is 234 Å². The van der Waals surface area contributed by atoms with Crippen LogP contribution in [0.5, 0.6) is 0 Å². The Morgan fingerprint density at radius 2 is 1.46 bits per heavy atom. The van der Waals surface area contributed by atoms with Crippen molar-refractivity contribution in [1.82, 2.24) is 9.88 Å². The second-order valence-electron chi connectivity index (χ2n) is 9.02. The second kappa shape index (κ2) is 21.4. The van der Waals surface area contributed by atoms with Crippen molar-refractivity contribution >= 4 is 29.6 Å². The zero-order valence-corrected chi connectivity index (χ0v) is 23.9. The standard InChI is InChI=1S/C12H23NO2.C8H10N2O2.2C2H4O2.CH4.Pd/c1-12(2,3)15-11(14)13(4)10-8-6-5-7-9-10;1-5-3-7(10-6(2)11)8(12)9-4-5;2*1-2(3)4;;/h10H,5-9H2,1-4H3;3-4H,1-2H3,(H,9,12)(H,10,11);2*1H3,(H,3,4);1H4;. The molecule has 0 spiro atoms. The van der Waals surface area contributed by atoms with Gasteiger partial charge in [0.15, 0.2) is 0 Å². The molecule has 1 saturated carbocycles. The first kappa shape index (κ1) is 41.4. The van der Waals surface area contributed by atoms with E-state index in [2.05, 4.69) is 10.3 Å². The molecule has 0 aliphatic heterocycles. The molecule has 11 nitrogen and oxygen atoms in total. The summed E-state index contributed by atoms with van der Waals surface area (Å²) in [5, 5.41) is 17.3. The monoisotopic (exact) mass is 621 g/mol. The average Bonchev–Trinajstić information content (AvgIpc) is 2.69. The van der Waals surface area contributed by atoms with E-state index < -0.39 is 11.9 Å². The van der Waals surface area contributed by atoms with Gasteiger partial charge in [-0.15, -0.1) is 0 Å². The molecule has 1 aliphatic carbocycles. The van der Waals surface area contributed by atoms with Gasteiger partial charge in [0.05, 0.1) is 0 Å². The van der Waals surface area contributed by atoms with Crippen molar-refractivity contribution in [3.8, 4) is 0 Å². The van der Waals surface area contributed by atoms with Gasteiger partial charge >= 0.3 is 6.09 Å². The van der Waals surface area contributed by atoms with Gasteiger partial charge in [0.2, 0.25) is 5.91 Å². The number of carboxylic acids is 2. The minimum atomic E-state index is -0.833. The predicted octanol–water partition coefficient (Wildman–Crippen LogP) is 4.64. The molecule has 0 atom stereocenters. The molecule has 218 valence electrons. The number of pyridine rings is 1. The van der Waals surface area contributed by atoms with Gasteiger partial charge in [0, 0.05) is 60.5 Å². The van der Waals surface area contributed by atoms with Gasteiger partial charge in [-0.25, -0.2) is 4.79 Å². The smallest absolute Gasteiger partial charge is 0.410 e. The fourth-order valence-electron chi connectivity index (χ4n) is 2.83. The molecular formula is C25H45N3O8Pd. The Kier molecular flexibility index (Phi) is 23.9. The summed E-state index contributed by atoms with van der Waals surface area (Å²) < 4.78 is 5.34. The maximum atomic E-state index is 11.8. The summed E-state index contributed by atoms with van der Waals surface area (Å²) in [6, 6.07) is 2.01. The summed E-state index contributed by atoms with van der Waals surface area (Å²) >= 11 is 0. The number of carboxylic acid groups (broad SMARTS) is 2. The Morgan fingerprint density at radius 3 is 1.84 bits per heavy atom. The SMILES string of the molecule is C.CC(=O)Nc1cc(C)c[nH]c1=O.CC(=O)O.CC(=O)O.CN(C(=O)OC(C)(C)C)C1CCCCC1.[Pd]. The molecule has 2 rings (SSSR count). The number of aromatic nitrogens is 1. The normalized spacial score (nSPS) is 12.0. The number of aryl methyl sites for hydroxylation is 1. The molecule has 1 aromatic heterocycles. The Bertz CT molecular complexity index is 855. The molecule has 1 fully saturated rings. The van der Waals surface area contributed by atoms with Gasteiger partial charge in [-0.3, -0.25) is 19.2 Å². The zero-order valence-electron chi connectivity index (χ0n) is 22.4. The summed E-state index contributed by atoms with van der Waals surface area (Å²) in [6.45, 7) is 11.1. The molecule has 0 bridgehead atoms. The third kappa shape index (κ3) is 26.2. The molecule has 0 saturated heterocycles. The van der Waals surface area contributed by atoms with Crippen molar-refractivity contribution in [2.45, 2.75) is 99.6 Å². The average molecular weight is 622 g/mol. The van der Waals surface area contributed by atoms with Crippen LogP contribution in [-0.4, -0.2) is 62.7 Å². The van der Waals surface area contributed by atoms with Crippen molar-refractivity contribution < 1.29 is 54.6 Å². The van der Waals surface area contributed by atoms with Crippen LogP contribution in [0.15, 0.2) is 17.1 Å². The van der Waals surface area contributed by atoms with Crippen LogP contribution < -0.4 is 10.9 Å². The molecule has 0 unspecified atom stereocenters. The van der Waals surface area contributed by atoms with Crippen molar-refractivity contribution in [3.63, 3.8) is 0 Å². The molecular weight excluding hydrogens is 577 g/mol. The van der Waals surface area contributed by atoms with E-state index in [0.717, 1.165) is 32.3 Å². The number of carbonyl (C=O) groups is 4. The largest absolute Gasteiger partial charge is 0.481 e. The molecule has 4 N–H and O–H groups in total. The van der Waals surface area contributed by atoms with Crippen LogP contribution in [0.2, 0.25) is 0 Å². The first-order valence-electron chi connectivity index (χ1n) is 11.3. The van der Waals surface area contributed by atoms with Gasteiger partial charge in [0.1, 0.15) is 11.3 Å². The Hall–Kier alpha value is -2.71. The van der Waals surface area contributed by atoms with Crippen LogP contribution >= 0.6 is 0 Å². The summed E-state index contributed by atoms with van der Waals surface area (Å²) in [6.07, 6.45) is 7.42. The third-order valence-corrected chi connectivity index (χ3v) is 4.16. The summed E-state index contributed by atoms with van der Waals surface area (Å²) in [5.74, 6) is -1.91. The number of nitrogens with one attached hydrogen (secondary N) is 2.